The lowest BCUT2D eigenvalue weighted by Crippen LogP contribution is -2.42. The molecule has 29 heavy (non-hydrogen) atoms. The molecule has 0 aliphatic carbocycles. The fourth-order valence-electron chi connectivity index (χ4n) is 3.31. The van der Waals surface area contributed by atoms with Gasteiger partial charge in [-0.25, -0.2) is 9.50 Å². The van der Waals surface area contributed by atoms with Crippen LogP contribution < -0.4 is 4.74 Å². The van der Waals surface area contributed by atoms with E-state index >= 15 is 0 Å². The summed E-state index contributed by atoms with van der Waals surface area (Å²) < 4.78 is 17.9. The predicted molar refractivity (Wildman–Crippen MR) is 107 cm³/mol. The zero-order chi connectivity index (χ0) is 20.2. The van der Waals surface area contributed by atoms with Gasteiger partial charge in [0.15, 0.2) is 5.65 Å². The van der Waals surface area contributed by atoms with Gasteiger partial charge in [-0.3, -0.25) is 0 Å². The van der Waals surface area contributed by atoms with Gasteiger partial charge in [0.2, 0.25) is 0 Å². The number of benzene rings is 1. The number of aromatic nitrogens is 3. The van der Waals surface area contributed by atoms with Gasteiger partial charge in [-0.15, -0.1) is 0 Å². The van der Waals surface area contributed by atoms with Crippen LogP contribution in [0.15, 0.2) is 54.5 Å². The number of hydrogen-bond acceptors (Lipinski definition) is 7. The van der Waals surface area contributed by atoms with Crippen LogP contribution in [0.1, 0.15) is 5.56 Å². The van der Waals surface area contributed by atoms with Crippen molar-refractivity contribution >= 4 is 5.65 Å². The van der Waals surface area contributed by atoms with E-state index in [2.05, 4.69) is 16.1 Å². The first kappa shape index (κ1) is 19.4. The Morgan fingerprint density at radius 3 is 2.79 bits per heavy atom. The number of aliphatic hydroxyl groups excluding tert-OH is 1. The van der Waals surface area contributed by atoms with Crippen molar-refractivity contribution in [1.82, 2.24) is 19.5 Å². The molecule has 1 aliphatic heterocycles. The Labute approximate surface area is 168 Å². The summed E-state index contributed by atoms with van der Waals surface area (Å²) in [5, 5.41) is 14.4. The number of aliphatic hydroxyl groups is 1. The van der Waals surface area contributed by atoms with E-state index in [1.807, 2.05) is 35.4 Å². The Bertz CT molecular complexity index is 984. The number of nitrogens with zero attached hydrogens (tertiary/aromatic N) is 4. The van der Waals surface area contributed by atoms with Crippen LogP contribution in [-0.2, 0) is 16.0 Å². The van der Waals surface area contributed by atoms with E-state index in [0.717, 1.165) is 33.9 Å². The summed E-state index contributed by atoms with van der Waals surface area (Å²) in [6, 6.07) is 9.76. The first-order valence-corrected chi connectivity index (χ1v) is 9.39. The summed E-state index contributed by atoms with van der Waals surface area (Å²) in [6.07, 6.45) is 4.79. The smallest absolute Gasteiger partial charge is 0.154 e. The maximum absolute atomic E-state index is 10.1. The molecular formula is C21H24N4O4. The lowest BCUT2D eigenvalue weighted by molar-refractivity contribution is 0.0128. The molecule has 1 unspecified atom stereocenters. The lowest BCUT2D eigenvalue weighted by atomic mass is 10.1. The molecule has 2 aromatic heterocycles. The molecule has 0 saturated heterocycles. The topological polar surface area (TPSA) is 81.4 Å². The highest BCUT2D eigenvalue weighted by atomic mass is 16.5. The number of methoxy groups -OCH3 is 2. The van der Waals surface area contributed by atoms with Gasteiger partial charge in [-0.2, -0.15) is 5.10 Å². The summed E-state index contributed by atoms with van der Waals surface area (Å²) in [7, 11) is 3.29. The molecule has 1 aromatic carbocycles. The second-order valence-electron chi connectivity index (χ2n) is 6.79. The van der Waals surface area contributed by atoms with E-state index in [-0.39, 0.29) is 0 Å². The second-order valence-corrected chi connectivity index (χ2v) is 6.79. The quantitative estimate of drug-likeness (QED) is 0.555. The number of ether oxygens (including phenoxy) is 3. The van der Waals surface area contributed by atoms with Crippen LogP contribution in [0.3, 0.4) is 0 Å². The molecule has 3 aromatic rings. The largest absolute Gasteiger partial charge is 0.491 e. The molecule has 152 valence electrons. The molecule has 8 nitrogen and oxygen atoms in total. The molecule has 0 saturated carbocycles. The first-order valence-electron chi connectivity index (χ1n) is 9.39. The van der Waals surface area contributed by atoms with Crippen LogP contribution in [0.4, 0.5) is 0 Å². The molecule has 8 heteroatoms. The van der Waals surface area contributed by atoms with Crippen LogP contribution in [-0.4, -0.2) is 64.9 Å². The van der Waals surface area contributed by atoms with E-state index in [0.29, 0.717) is 26.4 Å². The second kappa shape index (κ2) is 8.60. The van der Waals surface area contributed by atoms with Crippen molar-refractivity contribution in [3.05, 3.63) is 60.1 Å². The van der Waals surface area contributed by atoms with Crippen LogP contribution in [0.2, 0.25) is 0 Å². The Balaban J connectivity index is 1.64. The average Bonchev–Trinajstić information content (AvgIpc) is 3.16. The third-order valence-corrected chi connectivity index (χ3v) is 4.73. The van der Waals surface area contributed by atoms with Crippen molar-refractivity contribution in [2.45, 2.75) is 12.8 Å². The van der Waals surface area contributed by atoms with Crippen molar-refractivity contribution in [2.24, 2.45) is 0 Å². The van der Waals surface area contributed by atoms with Gasteiger partial charge in [0.25, 0.3) is 0 Å². The molecule has 0 spiro atoms. The summed E-state index contributed by atoms with van der Waals surface area (Å²) in [4.78, 5) is 6.56. The van der Waals surface area contributed by atoms with Crippen LogP contribution in [0.25, 0.3) is 16.9 Å². The van der Waals surface area contributed by atoms with Gasteiger partial charge in [0.05, 0.1) is 25.1 Å². The van der Waals surface area contributed by atoms with Crippen LogP contribution in [0, 0.1) is 0 Å². The zero-order valence-corrected chi connectivity index (χ0v) is 16.5. The fourth-order valence-corrected chi connectivity index (χ4v) is 3.31. The maximum atomic E-state index is 10.1. The minimum Gasteiger partial charge on any atom is -0.491 e. The summed E-state index contributed by atoms with van der Waals surface area (Å²) in [6.45, 7) is 1.96. The molecule has 3 heterocycles. The van der Waals surface area contributed by atoms with Gasteiger partial charge in [0, 0.05) is 38.2 Å². The van der Waals surface area contributed by atoms with Crippen molar-refractivity contribution in [3.63, 3.8) is 0 Å². The Kier molecular flexibility index (Phi) is 5.75. The third kappa shape index (κ3) is 4.24. The van der Waals surface area contributed by atoms with Crippen molar-refractivity contribution in [3.8, 4) is 17.0 Å². The predicted octanol–water partition coefficient (Wildman–Crippen LogP) is 2.09. The summed E-state index contributed by atoms with van der Waals surface area (Å²) >= 11 is 0. The highest BCUT2D eigenvalue weighted by Crippen LogP contribution is 2.30. The number of hydrogen-bond donors (Lipinski definition) is 1. The van der Waals surface area contributed by atoms with Crippen LogP contribution >= 0.6 is 0 Å². The van der Waals surface area contributed by atoms with Crippen molar-refractivity contribution < 1.29 is 19.3 Å². The molecular weight excluding hydrogens is 372 g/mol. The molecule has 4 rings (SSSR count). The highest BCUT2D eigenvalue weighted by molar-refractivity contribution is 5.65. The summed E-state index contributed by atoms with van der Waals surface area (Å²) in [5.74, 6) is 0.729. The first-order chi connectivity index (χ1) is 14.2. The molecule has 0 radical (unpaired) electrons. The average molecular weight is 396 g/mol. The van der Waals surface area contributed by atoms with E-state index in [4.69, 9.17) is 14.2 Å². The lowest BCUT2D eigenvalue weighted by Gasteiger charge is -2.38. The Hall–Kier alpha value is -2.94. The zero-order valence-electron chi connectivity index (χ0n) is 16.5. The van der Waals surface area contributed by atoms with Crippen molar-refractivity contribution in [1.29, 1.82) is 0 Å². The SMILES string of the molecule is COCCOc1cc(CN2C(COC)=CC2O)cc(-c2cn3ncccc3n2)c1. The molecule has 1 aliphatic rings. The van der Waals surface area contributed by atoms with E-state index in [1.165, 1.54) is 0 Å². The molecule has 1 atom stereocenters. The number of fused-ring (bicyclic) bond motifs is 1. The summed E-state index contributed by atoms with van der Waals surface area (Å²) in [5.41, 5.74) is 4.47. The molecule has 0 amide bonds. The molecule has 0 bridgehead atoms. The maximum Gasteiger partial charge on any atom is 0.154 e. The molecule has 0 fully saturated rings. The monoisotopic (exact) mass is 396 g/mol. The van der Waals surface area contributed by atoms with Gasteiger partial charge in [0.1, 0.15) is 18.6 Å². The van der Waals surface area contributed by atoms with Gasteiger partial charge in [-0.1, -0.05) is 0 Å². The van der Waals surface area contributed by atoms with Gasteiger partial charge < -0.3 is 24.2 Å². The minimum absolute atomic E-state index is 0.452. The standard InChI is InChI=1S/C21H24N4O4/c1-27-6-7-29-18-9-15(12-24-17(14-28-2)11-21(24)26)8-16(10-18)19-13-25-20(23-19)4-3-5-22-25/h3-5,8-11,13,21,26H,6-7,12,14H2,1-2H3. The number of rotatable bonds is 9. The van der Waals surface area contributed by atoms with Gasteiger partial charge >= 0.3 is 0 Å². The fraction of sp³-hybridized carbons (Fsp3) is 0.333. The highest BCUT2D eigenvalue weighted by Gasteiger charge is 2.26. The number of imidazole rings is 1. The Morgan fingerprint density at radius 1 is 1.14 bits per heavy atom. The van der Waals surface area contributed by atoms with E-state index in [1.54, 1.807) is 31.0 Å². The minimum atomic E-state index is -0.610. The third-order valence-electron chi connectivity index (χ3n) is 4.73. The normalized spacial score (nSPS) is 16.0. The van der Waals surface area contributed by atoms with Crippen LogP contribution in [0.5, 0.6) is 5.75 Å². The van der Waals surface area contributed by atoms with E-state index < -0.39 is 6.23 Å². The molecule has 1 N–H and O–H groups in total. The van der Waals surface area contributed by atoms with Gasteiger partial charge in [-0.05, 0) is 42.0 Å². The van der Waals surface area contributed by atoms with E-state index in [9.17, 15) is 5.11 Å². The Morgan fingerprint density at radius 2 is 2.03 bits per heavy atom. The van der Waals surface area contributed by atoms with Crippen molar-refractivity contribution in [2.75, 3.05) is 34.0 Å².